The average molecular weight is 404 g/mol. The molecule has 6 nitrogen and oxygen atoms in total. The Kier molecular flexibility index (Phi) is 4.49. The van der Waals surface area contributed by atoms with Crippen molar-refractivity contribution in [3.05, 3.63) is 34.5 Å². The van der Waals surface area contributed by atoms with Crippen LogP contribution in [0.3, 0.4) is 0 Å². The fourth-order valence-corrected chi connectivity index (χ4v) is 5.19. The first kappa shape index (κ1) is 19.0. The Bertz CT molecular complexity index is 962. The maximum Gasteiger partial charge on any atom is 0.342 e. The number of phenolic OH excluding ortho intramolecular Hbond substituents is 1. The summed E-state index contributed by atoms with van der Waals surface area (Å²) in [6.07, 6.45) is 4.95. The second kappa shape index (κ2) is 6.62. The van der Waals surface area contributed by atoms with Crippen molar-refractivity contribution in [2.24, 2.45) is 5.41 Å². The molecule has 0 amide bonds. The van der Waals surface area contributed by atoms with Crippen molar-refractivity contribution in [3.63, 3.8) is 0 Å². The minimum atomic E-state index is -0.634. The number of esters is 2. The van der Waals surface area contributed by atoms with E-state index in [1.165, 1.54) is 20.3 Å². The molecule has 7 heteroatoms. The molecule has 28 heavy (non-hydrogen) atoms. The third-order valence-electron chi connectivity index (χ3n) is 6.71. The molecule has 3 fully saturated rings. The van der Waals surface area contributed by atoms with Crippen LogP contribution in [0.5, 0.6) is 5.75 Å². The van der Waals surface area contributed by atoms with Gasteiger partial charge in [0.1, 0.15) is 11.3 Å². The van der Waals surface area contributed by atoms with Crippen molar-refractivity contribution in [1.29, 1.82) is 0 Å². The van der Waals surface area contributed by atoms with Crippen LogP contribution in [-0.4, -0.2) is 36.2 Å². The number of aromatic nitrogens is 1. The zero-order chi connectivity index (χ0) is 20.1. The molecule has 0 radical (unpaired) electrons. The molecule has 0 aliphatic heterocycles. The summed E-state index contributed by atoms with van der Waals surface area (Å²) in [6.45, 7) is 0. The molecule has 0 spiro atoms. The van der Waals surface area contributed by atoms with E-state index in [9.17, 15) is 14.7 Å². The Morgan fingerprint density at radius 3 is 2.29 bits per heavy atom. The first-order chi connectivity index (χ1) is 13.4. The highest BCUT2D eigenvalue weighted by Gasteiger charge is 2.54. The number of methoxy groups -OCH3 is 2. The lowest BCUT2D eigenvalue weighted by Gasteiger charge is -2.51. The van der Waals surface area contributed by atoms with Crippen molar-refractivity contribution in [2.75, 3.05) is 14.2 Å². The van der Waals surface area contributed by atoms with E-state index in [-0.39, 0.29) is 33.1 Å². The number of carbonyl (C=O) groups excluding carboxylic acids is 2. The molecule has 3 saturated carbocycles. The zero-order valence-electron chi connectivity index (χ0n) is 15.9. The lowest BCUT2D eigenvalue weighted by molar-refractivity contribution is -0.160. The lowest BCUT2D eigenvalue weighted by Crippen LogP contribution is -2.48. The number of hydrogen-bond acceptors (Lipinski definition) is 6. The third-order valence-corrected chi connectivity index (χ3v) is 7.00. The number of phenols is 1. The molecular weight excluding hydrogens is 382 g/mol. The normalized spacial score (nSPS) is 26.2. The summed E-state index contributed by atoms with van der Waals surface area (Å²) in [5.41, 5.74) is 1.00. The SMILES string of the molecule is COC(=O)c1c(O)cc(Cl)c2nc(C34CCC(C(=O)OC)(CC3)CC4)ccc12. The smallest absolute Gasteiger partial charge is 0.342 e. The van der Waals surface area contributed by atoms with E-state index in [2.05, 4.69) is 0 Å². The highest BCUT2D eigenvalue weighted by molar-refractivity contribution is 6.36. The summed E-state index contributed by atoms with van der Waals surface area (Å²) in [7, 11) is 2.72. The predicted octanol–water partition coefficient (Wildman–Crippen LogP) is 4.15. The first-order valence-electron chi connectivity index (χ1n) is 9.35. The van der Waals surface area contributed by atoms with Crippen LogP contribution in [0.2, 0.25) is 5.02 Å². The number of hydrogen-bond donors (Lipinski definition) is 1. The molecule has 1 aromatic carbocycles. The number of benzene rings is 1. The average Bonchev–Trinajstić information content (AvgIpc) is 2.74. The Morgan fingerprint density at radius 1 is 1.07 bits per heavy atom. The fraction of sp³-hybridized carbons (Fsp3) is 0.476. The van der Waals surface area contributed by atoms with E-state index >= 15 is 0 Å². The van der Waals surface area contributed by atoms with E-state index in [4.69, 9.17) is 26.1 Å². The second-order valence-electron chi connectivity index (χ2n) is 7.89. The standard InChI is InChI=1S/C21H22ClNO5/c1-27-18(25)16-12-3-4-15(23-17(12)13(22)11-14(16)24)20-5-8-21(9-6-20,10-7-20)19(26)28-2/h3-4,11,24H,5-10H2,1-2H3. The lowest BCUT2D eigenvalue weighted by atomic mass is 9.52. The number of ether oxygens (including phenoxy) is 2. The van der Waals surface area contributed by atoms with Crippen LogP contribution in [0.15, 0.2) is 18.2 Å². The Labute approximate surface area is 167 Å². The summed E-state index contributed by atoms with van der Waals surface area (Å²) in [5.74, 6) is -0.964. The van der Waals surface area contributed by atoms with Gasteiger partial charge in [0.2, 0.25) is 0 Å². The molecule has 148 valence electrons. The maximum atomic E-state index is 12.2. The van der Waals surface area contributed by atoms with Crippen LogP contribution in [-0.2, 0) is 19.7 Å². The molecule has 0 saturated heterocycles. The number of carbonyl (C=O) groups is 2. The molecule has 1 heterocycles. The van der Waals surface area contributed by atoms with Gasteiger partial charge >= 0.3 is 11.9 Å². The topological polar surface area (TPSA) is 85.7 Å². The monoisotopic (exact) mass is 403 g/mol. The van der Waals surface area contributed by atoms with E-state index in [1.807, 2.05) is 6.07 Å². The molecule has 3 aliphatic rings. The van der Waals surface area contributed by atoms with Gasteiger partial charge in [-0.25, -0.2) is 4.79 Å². The van der Waals surface area contributed by atoms with Crippen LogP contribution in [0.4, 0.5) is 0 Å². The first-order valence-corrected chi connectivity index (χ1v) is 9.73. The van der Waals surface area contributed by atoms with Gasteiger partial charge in [-0.05, 0) is 50.7 Å². The Morgan fingerprint density at radius 2 is 1.71 bits per heavy atom. The zero-order valence-corrected chi connectivity index (χ0v) is 16.6. The van der Waals surface area contributed by atoms with Crippen LogP contribution < -0.4 is 0 Å². The summed E-state index contributed by atoms with van der Waals surface area (Å²) in [6, 6.07) is 5.01. The number of fused-ring (bicyclic) bond motifs is 4. The quantitative estimate of drug-likeness (QED) is 0.775. The highest BCUT2D eigenvalue weighted by Crippen LogP contribution is 2.58. The van der Waals surface area contributed by atoms with Crippen LogP contribution in [0, 0.1) is 5.41 Å². The van der Waals surface area contributed by atoms with Gasteiger partial charge in [-0.15, -0.1) is 0 Å². The summed E-state index contributed by atoms with van der Waals surface area (Å²) in [5, 5.41) is 10.9. The van der Waals surface area contributed by atoms with Crippen molar-refractivity contribution in [2.45, 2.75) is 43.9 Å². The molecule has 2 bridgehead atoms. The van der Waals surface area contributed by atoms with Gasteiger partial charge in [0.05, 0.1) is 30.2 Å². The van der Waals surface area contributed by atoms with Gasteiger partial charge in [-0.2, -0.15) is 0 Å². The number of halogens is 1. The molecule has 3 aliphatic carbocycles. The number of rotatable bonds is 3. The van der Waals surface area contributed by atoms with Crippen LogP contribution in [0.25, 0.3) is 10.9 Å². The van der Waals surface area contributed by atoms with Crippen molar-refractivity contribution < 1.29 is 24.2 Å². The molecule has 5 rings (SSSR count). The largest absolute Gasteiger partial charge is 0.507 e. The molecule has 1 N–H and O–H groups in total. The van der Waals surface area contributed by atoms with Crippen LogP contribution >= 0.6 is 11.6 Å². The Balaban J connectivity index is 1.76. The Hall–Kier alpha value is -2.34. The van der Waals surface area contributed by atoms with Gasteiger partial charge in [0.15, 0.2) is 0 Å². The molecule has 0 atom stereocenters. The molecule has 1 aromatic heterocycles. The summed E-state index contributed by atoms with van der Waals surface area (Å²) < 4.78 is 9.83. The van der Waals surface area contributed by atoms with Gasteiger partial charge in [0.25, 0.3) is 0 Å². The fourth-order valence-electron chi connectivity index (χ4n) is 4.95. The number of aromatic hydroxyl groups is 1. The van der Waals surface area contributed by atoms with Gasteiger partial charge in [-0.1, -0.05) is 11.6 Å². The van der Waals surface area contributed by atoms with Crippen molar-refractivity contribution in [1.82, 2.24) is 4.98 Å². The molecule has 0 unspecified atom stereocenters. The van der Waals surface area contributed by atoms with Gasteiger partial charge in [-0.3, -0.25) is 9.78 Å². The number of pyridine rings is 1. The van der Waals surface area contributed by atoms with E-state index in [1.54, 1.807) is 6.07 Å². The second-order valence-corrected chi connectivity index (χ2v) is 8.30. The van der Waals surface area contributed by atoms with Crippen molar-refractivity contribution >= 4 is 34.4 Å². The van der Waals surface area contributed by atoms with E-state index in [0.717, 1.165) is 44.2 Å². The minimum absolute atomic E-state index is 0.0652. The minimum Gasteiger partial charge on any atom is -0.507 e. The van der Waals surface area contributed by atoms with Gasteiger partial charge in [0, 0.05) is 22.6 Å². The molecule has 2 aromatic rings. The highest BCUT2D eigenvalue weighted by atomic mass is 35.5. The third kappa shape index (κ3) is 2.65. The van der Waals surface area contributed by atoms with Gasteiger partial charge < -0.3 is 14.6 Å². The van der Waals surface area contributed by atoms with Crippen LogP contribution in [0.1, 0.15) is 54.6 Å². The van der Waals surface area contributed by atoms with E-state index < -0.39 is 5.97 Å². The van der Waals surface area contributed by atoms with Crippen molar-refractivity contribution in [3.8, 4) is 5.75 Å². The predicted molar refractivity (Wildman–Crippen MR) is 104 cm³/mol. The summed E-state index contributed by atoms with van der Waals surface area (Å²) >= 11 is 6.34. The summed E-state index contributed by atoms with van der Waals surface area (Å²) in [4.78, 5) is 29.2. The maximum absolute atomic E-state index is 12.2. The number of nitrogens with zero attached hydrogens (tertiary/aromatic N) is 1. The molecular formula is C21H22ClNO5. The van der Waals surface area contributed by atoms with E-state index in [0.29, 0.717) is 10.9 Å².